The Kier molecular flexibility index (Phi) is 3.81. The predicted octanol–water partition coefficient (Wildman–Crippen LogP) is 5.02. The van der Waals surface area contributed by atoms with E-state index in [9.17, 15) is 4.39 Å². The molecule has 0 amide bonds. The van der Waals surface area contributed by atoms with E-state index in [1.807, 2.05) is 12.1 Å². The normalized spacial score (nSPS) is 17.6. The van der Waals surface area contributed by atoms with E-state index < -0.39 is 5.95 Å². The fourth-order valence-corrected chi connectivity index (χ4v) is 2.85. The molecule has 0 fully saturated rings. The maximum Gasteiger partial charge on any atom is 0.213 e. The highest BCUT2D eigenvalue weighted by Gasteiger charge is 2.22. The van der Waals surface area contributed by atoms with Crippen LogP contribution in [0, 0.1) is 5.95 Å². The van der Waals surface area contributed by atoms with Crippen LogP contribution in [0.3, 0.4) is 0 Å². The molecule has 3 rings (SSSR count). The molecule has 0 saturated carbocycles. The molecule has 0 aliphatic heterocycles. The van der Waals surface area contributed by atoms with Crippen LogP contribution >= 0.6 is 23.2 Å². The highest BCUT2D eigenvalue weighted by Crippen LogP contribution is 2.33. The number of halogens is 3. The number of hydrogen-bond acceptors (Lipinski definition) is 2. The van der Waals surface area contributed by atoms with Crippen LogP contribution in [0.5, 0.6) is 0 Å². The molecule has 0 bridgehead atoms. The fraction of sp³-hybridized carbons (Fsp3) is 0.267. The second-order valence-corrected chi connectivity index (χ2v) is 5.71. The highest BCUT2D eigenvalue weighted by atomic mass is 35.5. The van der Waals surface area contributed by atoms with Crippen molar-refractivity contribution < 1.29 is 4.39 Å². The van der Waals surface area contributed by atoms with Crippen LogP contribution in [0.15, 0.2) is 30.3 Å². The van der Waals surface area contributed by atoms with Crippen molar-refractivity contribution in [2.75, 3.05) is 5.32 Å². The highest BCUT2D eigenvalue weighted by molar-refractivity contribution is 6.42. The Labute approximate surface area is 126 Å². The van der Waals surface area contributed by atoms with Gasteiger partial charge in [0.15, 0.2) is 0 Å². The Balaban J connectivity index is 1.89. The summed E-state index contributed by atoms with van der Waals surface area (Å²) in [7, 11) is 0. The van der Waals surface area contributed by atoms with Gasteiger partial charge in [-0.05, 0) is 49.1 Å². The molecule has 2 nitrogen and oxygen atoms in total. The van der Waals surface area contributed by atoms with E-state index in [4.69, 9.17) is 23.2 Å². The van der Waals surface area contributed by atoms with Gasteiger partial charge >= 0.3 is 0 Å². The van der Waals surface area contributed by atoms with Gasteiger partial charge in [0.05, 0.1) is 21.8 Å². The van der Waals surface area contributed by atoms with Crippen LogP contribution in [0.4, 0.5) is 10.1 Å². The minimum absolute atomic E-state index is 0.00620. The zero-order chi connectivity index (χ0) is 14.1. The number of rotatable bonds is 2. The van der Waals surface area contributed by atoms with Gasteiger partial charge in [0, 0.05) is 5.69 Å². The average Bonchev–Trinajstić information content (AvgIpc) is 2.44. The molecular formula is C15H13Cl2FN2. The van der Waals surface area contributed by atoms with Gasteiger partial charge in [-0.15, -0.1) is 0 Å². The molecule has 1 aliphatic rings. The minimum Gasteiger partial charge on any atom is -0.377 e. The van der Waals surface area contributed by atoms with Crippen LogP contribution in [0.2, 0.25) is 10.0 Å². The lowest BCUT2D eigenvalue weighted by atomic mass is 9.91. The van der Waals surface area contributed by atoms with Gasteiger partial charge in [0.1, 0.15) is 0 Å². The monoisotopic (exact) mass is 310 g/mol. The second kappa shape index (κ2) is 5.58. The summed E-state index contributed by atoms with van der Waals surface area (Å²) in [6, 6.07) is 8.63. The number of benzene rings is 1. The molecule has 104 valence electrons. The van der Waals surface area contributed by atoms with Crippen molar-refractivity contribution in [3.63, 3.8) is 0 Å². The van der Waals surface area contributed by atoms with Crippen molar-refractivity contribution >= 4 is 28.9 Å². The standard InChI is InChI=1S/C15H13Cl2FN2/c16-11-6-5-10(8-12(11)17)19-13-3-1-2-9-4-7-14(18)20-15(9)13/h4-8,13,19H,1-3H2. The molecule has 1 atom stereocenters. The molecule has 0 radical (unpaired) electrons. The fourth-order valence-electron chi connectivity index (χ4n) is 2.55. The van der Waals surface area contributed by atoms with E-state index in [0.717, 1.165) is 36.2 Å². The van der Waals surface area contributed by atoms with Gasteiger partial charge in [-0.2, -0.15) is 4.39 Å². The zero-order valence-corrected chi connectivity index (χ0v) is 12.2. The molecule has 1 N–H and O–H groups in total. The van der Waals surface area contributed by atoms with Crippen molar-refractivity contribution in [1.29, 1.82) is 0 Å². The van der Waals surface area contributed by atoms with Crippen molar-refractivity contribution in [3.8, 4) is 0 Å². The van der Waals surface area contributed by atoms with Crippen molar-refractivity contribution in [2.24, 2.45) is 0 Å². The van der Waals surface area contributed by atoms with Gasteiger partial charge in [-0.25, -0.2) is 4.98 Å². The van der Waals surface area contributed by atoms with E-state index in [2.05, 4.69) is 10.3 Å². The Morgan fingerprint density at radius 2 is 2.00 bits per heavy atom. The molecule has 1 aromatic carbocycles. The summed E-state index contributed by atoms with van der Waals surface area (Å²) in [5, 5.41) is 4.38. The largest absolute Gasteiger partial charge is 0.377 e. The molecule has 1 heterocycles. The molecule has 0 saturated heterocycles. The summed E-state index contributed by atoms with van der Waals surface area (Å²) in [6.07, 6.45) is 2.92. The zero-order valence-electron chi connectivity index (χ0n) is 10.7. The van der Waals surface area contributed by atoms with Crippen LogP contribution in [-0.4, -0.2) is 4.98 Å². The maximum atomic E-state index is 13.3. The number of aromatic nitrogens is 1. The van der Waals surface area contributed by atoms with Crippen LogP contribution in [-0.2, 0) is 6.42 Å². The smallest absolute Gasteiger partial charge is 0.213 e. The van der Waals surface area contributed by atoms with Crippen LogP contribution in [0.1, 0.15) is 30.1 Å². The van der Waals surface area contributed by atoms with E-state index in [1.54, 1.807) is 12.1 Å². The third kappa shape index (κ3) is 2.74. The van der Waals surface area contributed by atoms with Crippen molar-refractivity contribution in [1.82, 2.24) is 4.98 Å². The quantitative estimate of drug-likeness (QED) is 0.788. The number of nitrogens with one attached hydrogen (secondary N) is 1. The number of hydrogen-bond donors (Lipinski definition) is 1. The number of fused-ring (bicyclic) bond motifs is 1. The third-order valence-corrected chi connectivity index (χ3v) is 4.25. The first kappa shape index (κ1) is 13.7. The van der Waals surface area contributed by atoms with Crippen molar-refractivity contribution in [3.05, 3.63) is 57.6 Å². The van der Waals surface area contributed by atoms with E-state index in [-0.39, 0.29) is 6.04 Å². The first-order chi connectivity index (χ1) is 9.63. The lowest BCUT2D eigenvalue weighted by Crippen LogP contribution is -2.19. The molecule has 1 aromatic heterocycles. The third-order valence-electron chi connectivity index (χ3n) is 3.51. The molecule has 1 unspecified atom stereocenters. The van der Waals surface area contributed by atoms with Gasteiger partial charge in [-0.1, -0.05) is 29.3 Å². The first-order valence-electron chi connectivity index (χ1n) is 6.50. The van der Waals surface area contributed by atoms with E-state index >= 15 is 0 Å². The first-order valence-corrected chi connectivity index (χ1v) is 7.26. The Hall–Kier alpha value is -1.32. The van der Waals surface area contributed by atoms with Crippen LogP contribution < -0.4 is 5.32 Å². The number of pyridine rings is 1. The summed E-state index contributed by atoms with van der Waals surface area (Å²) in [5.74, 6) is -0.438. The lowest BCUT2D eigenvalue weighted by molar-refractivity contribution is 0.533. The summed E-state index contributed by atoms with van der Waals surface area (Å²) in [6.45, 7) is 0. The SMILES string of the molecule is Fc1ccc2c(n1)C(Nc1ccc(Cl)c(Cl)c1)CCC2. The summed E-state index contributed by atoms with van der Waals surface area (Å²) in [5.41, 5.74) is 2.76. The Bertz CT molecular complexity index is 646. The Morgan fingerprint density at radius 1 is 1.15 bits per heavy atom. The average molecular weight is 311 g/mol. The van der Waals surface area contributed by atoms with Gasteiger partial charge in [-0.3, -0.25) is 0 Å². The lowest BCUT2D eigenvalue weighted by Gasteiger charge is -2.26. The maximum absolute atomic E-state index is 13.3. The van der Waals surface area contributed by atoms with E-state index in [0.29, 0.717) is 10.0 Å². The van der Waals surface area contributed by atoms with Gasteiger partial charge in [0.25, 0.3) is 0 Å². The minimum atomic E-state index is -0.438. The summed E-state index contributed by atoms with van der Waals surface area (Å²) in [4.78, 5) is 4.04. The molecular weight excluding hydrogens is 298 g/mol. The van der Waals surface area contributed by atoms with Crippen LogP contribution in [0.25, 0.3) is 0 Å². The second-order valence-electron chi connectivity index (χ2n) is 4.90. The van der Waals surface area contributed by atoms with Crippen molar-refractivity contribution in [2.45, 2.75) is 25.3 Å². The predicted molar refractivity (Wildman–Crippen MR) is 80.0 cm³/mol. The molecule has 1 aliphatic carbocycles. The van der Waals surface area contributed by atoms with Gasteiger partial charge in [0.2, 0.25) is 5.95 Å². The molecule has 2 aromatic rings. The topological polar surface area (TPSA) is 24.9 Å². The van der Waals surface area contributed by atoms with Gasteiger partial charge < -0.3 is 5.32 Å². The summed E-state index contributed by atoms with van der Waals surface area (Å²) >= 11 is 11.9. The van der Waals surface area contributed by atoms with E-state index in [1.165, 1.54) is 6.07 Å². The number of aryl methyl sites for hydroxylation is 1. The number of nitrogens with zero attached hydrogens (tertiary/aromatic N) is 1. The molecule has 20 heavy (non-hydrogen) atoms. The molecule has 5 heteroatoms. The summed E-state index contributed by atoms with van der Waals surface area (Å²) < 4.78 is 13.3. The number of anilines is 1. The Morgan fingerprint density at radius 3 is 2.80 bits per heavy atom. The molecule has 0 spiro atoms.